The number of ketones is 1. The highest BCUT2D eigenvalue weighted by molar-refractivity contribution is 5.99. The van der Waals surface area contributed by atoms with Gasteiger partial charge in [-0.1, -0.05) is 12.1 Å². The third kappa shape index (κ3) is 1.94. The van der Waals surface area contributed by atoms with Crippen molar-refractivity contribution in [2.45, 2.75) is 12.8 Å². The zero-order valence-electron chi connectivity index (χ0n) is 10.1. The van der Waals surface area contributed by atoms with Gasteiger partial charge >= 0.3 is 0 Å². The number of benzene rings is 1. The Morgan fingerprint density at radius 3 is 2.78 bits per heavy atom. The van der Waals surface area contributed by atoms with Gasteiger partial charge in [0.2, 0.25) is 0 Å². The van der Waals surface area contributed by atoms with Gasteiger partial charge in [0.05, 0.1) is 6.20 Å². The minimum atomic E-state index is -0.366. The van der Waals surface area contributed by atoms with E-state index in [4.69, 9.17) is 0 Å². The van der Waals surface area contributed by atoms with Gasteiger partial charge in [-0.05, 0) is 18.9 Å². The summed E-state index contributed by atoms with van der Waals surface area (Å²) >= 11 is 0. The van der Waals surface area contributed by atoms with Gasteiger partial charge in [-0.15, -0.1) is 0 Å². The normalized spacial score (nSPS) is 14.8. The first-order valence-corrected chi connectivity index (χ1v) is 5.98. The van der Waals surface area contributed by atoms with Gasteiger partial charge in [-0.25, -0.2) is 4.39 Å². The van der Waals surface area contributed by atoms with Crippen LogP contribution in [0.5, 0.6) is 0 Å². The van der Waals surface area contributed by atoms with E-state index in [1.54, 1.807) is 36.3 Å². The van der Waals surface area contributed by atoms with E-state index in [0.717, 1.165) is 18.4 Å². The molecular formula is C14H13FN2O. The third-order valence-corrected chi connectivity index (χ3v) is 3.22. The number of hydrogen-bond acceptors (Lipinski definition) is 2. The molecule has 1 heterocycles. The second-order valence-corrected chi connectivity index (χ2v) is 4.74. The van der Waals surface area contributed by atoms with Crippen molar-refractivity contribution in [3.05, 3.63) is 42.0 Å². The van der Waals surface area contributed by atoms with Crippen LogP contribution < -0.4 is 0 Å². The highest BCUT2D eigenvalue weighted by Crippen LogP contribution is 2.33. The fourth-order valence-electron chi connectivity index (χ4n) is 2.04. The van der Waals surface area contributed by atoms with E-state index in [9.17, 15) is 9.18 Å². The first-order valence-electron chi connectivity index (χ1n) is 5.98. The Balaban J connectivity index is 1.96. The molecule has 0 saturated heterocycles. The molecule has 0 amide bonds. The van der Waals surface area contributed by atoms with Crippen LogP contribution >= 0.6 is 0 Å². The number of halogens is 1. The summed E-state index contributed by atoms with van der Waals surface area (Å²) in [6.45, 7) is 0. The molecule has 0 unspecified atom stereocenters. The van der Waals surface area contributed by atoms with Crippen molar-refractivity contribution in [2.24, 2.45) is 13.0 Å². The highest BCUT2D eigenvalue weighted by Gasteiger charge is 2.30. The molecule has 4 heteroatoms. The van der Waals surface area contributed by atoms with Crippen molar-refractivity contribution >= 4 is 5.78 Å². The molecule has 3 rings (SSSR count). The van der Waals surface area contributed by atoms with Crippen LogP contribution in [0.15, 0.2) is 30.6 Å². The van der Waals surface area contributed by atoms with E-state index in [1.807, 2.05) is 0 Å². The van der Waals surface area contributed by atoms with E-state index in [0.29, 0.717) is 11.1 Å². The number of aromatic nitrogens is 2. The van der Waals surface area contributed by atoms with Crippen LogP contribution in [0.2, 0.25) is 0 Å². The van der Waals surface area contributed by atoms with Crippen LogP contribution in [0.1, 0.15) is 23.2 Å². The summed E-state index contributed by atoms with van der Waals surface area (Å²) in [6, 6.07) is 4.69. The van der Waals surface area contributed by atoms with Crippen molar-refractivity contribution in [3.8, 4) is 11.1 Å². The SMILES string of the molecule is Cn1cc(-c2ccc(C(=O)C3CC3)cc2F)cn1. The average Bonchev–Trinajstić information content (AvgIpc) is 3.11. The highest BCUT2D eigenvalue weighted by atomic mass is 19.1. The van der Waals surface area contributed by atoms with Crippen LogP contribution in [-0.2, 0) is 7.05 Å². The van der Waals surface area contributed by atoms with Crippen LogP contribution in [0, 0.1) is 11.7 Å². The summed E-state index contributed by atoms with van der Waals surface area (Å²) in [5.74, 6) is -0.185. The molecule has 0 spiro atoms. The molecule has 1 fully saturated rings. The summed E-state index contributed by atoms with van der Waals surface area (Å²) in [6.07, 6.45) is 5.23. The molecule has 1 aromatic heterocycles. The number of carbonyl (C=O) groups is 1. The zero-order chi connectivity index (χ0) is 12.7. The lowest BCUT2D eigenvalue weighted by molar-refractivity contribution is 0.0967. The number of Topliss-reactive ketones (excluding diaryl/α,β-unsaturated/α-hetero) is 1. The fraction of sp³-hybridized carbons (Fsp3) is 0.286. The minimum absolute atomic E-state index is 0.0617. The maximum Gasteiger partial charge on any atom is 0.166 e. The molecule has 0 N–H and O–H groups in total. The van der Waals surface area contributed by atoms with Gasteiger partial charge in [-0.3, -0.25) is 9.48 Å². The lowest BCUT2D eigenvalue weighted by atomic mass is 10.0. The summed E-state index contributed by atoms with van der Waals surface area (Å²) in [7, 11) is 1.78. The van der Waals surface area contributed by atoms with Gasteiger partial charge in [0.1, 0.15) is 5.82 Å². The predicted molar refractivity (Wildman–Crippen MR) is 65.7 cm³/mol. The van der Waals surface area contributed by atoms with Gasteiger partial charge in [0, 0.05) is 35.9 Å². The predicted octanol–water partition coefficient (Wildman–Crippen LogP) is 2.82. The Morgan fingerprint density at radius 1 is 1.44 bits per heavy atom. The molecule has 1 aromatic carbocycles. The van der Waals surface area contributed by atoms with Crippen LogP contribution in [0.4, 0.5) is 4.39 Å². The molecule has 18 heavy (non-hydrogen) atoms. The molecule has 3 nitrogen and oxygen atoms in total. The van der Waals surface area contributed by atoms with Crippen molar-refractivity contribution in [3.63, 3.8) is 0 Å². The quantitative estimate of drug-likeness (QED) is 0.778. The zero-order valence-corrected chi connectivity index (χ0v) is 10.1. The minimum Gasteiger partial charge on any atom is -0.294 e. The molecule has 0 bridgehead atoms. The number of carbonyl (C=O) groups excluding carboxylic acids is 1. The molecule has 1 aliphatic rings. The number of aryl methyl sites for hydroxylation is 1. The third-order valence-electron chi connectivity index (χ3n) is 3.22. The van der Waals surface area contributed by atoms with Gasteiger partial charge < -0.3 is 0 Å². The standard InChI is InChI=1S/C14H13FN2O/c1-17-8-11(7-16-17)12-5-4-10(6-13(12)15)14(18)9-2-3-9/h4-9H,2-3H2,1H3. The molecule has 0 aliphatic heterocycles. The molecule has 1 aliphatic carbocycles. The second kappa shape index (κ2) is 4.05. The number of nitrogens with zero attached hydrogens (tertiary/aromatic N) is 2. The van der Waals surface area contributed by atoms with Crippen LogP contribution in [-0.4, -0.2) is 15.6 Å². The molecular weight excluding hydrogens is 231 g/mol. The lowest BCUT2D eigenvalue weighted by Crippen LogP contribution is -2.02. The Labute approximate surface area is 104 Å². The van der Waals surface area contributed by atoms with E-state index in [-0.39, 0.29) is 17.5 Å². The van der Waals surface area contributed by atoms with Gasteiger partial charge in [-0.2, -0.15) is 5.10 Å². The van der Waals surface area contributed by atoms with Crippen molar-refractivity contribution < 1.29 is 9.18 Å². The van der Waals surface area contributed by atoms with Crippen LogP contribution in [0.3, 0.4) is 0 Å². The van der Waals surface area contributed by atoms with Gasteiger partial charge in [0.25, 0.3) is 0 Å². The first kappa shape index (κ1) is 11.1. The number of hydrogen-bond donors (Lipinski definition) is 0. The summed E-state index contributed by atoms with van der Waals surface area (Å²) in [5.41, 5.74) is 1.68. The van der Waals surface area contributed by atoms with Crippen molar-refractivity contribution in [1.29, 1.82) is 0 Å². The van der Waals surface area contributed by atoms with Crippen LogP contribution in [0.25, 0.3) is 11.1 Å². The Kier molecular flexibility index (Phi) is 2.51. The molecule has 92 valence electrons. The lowest BCUT2D eigenvalue weighted by Gasteiger charge is -2.03. The van der Waals surface area contributed by atoms with E-state index < -0.39 is 0 Å². The van der Waals surface area contributed by atoms with Gasteiger partial charge in [0.15, 0.2) is 5.78 Å². The van der Waals surface area contributed by atoms with E-state index >= 15 is 0 Å². The number of rotatable bonds is 3. The summed E-state index contributed by atoms with van der Waals surface area (Å²) in [5, 5.41) is 4.01. The maximum absolute atomic E-state index is 14.0. The smallest absolute Gasteiger partial charge is 0.166 e. The molecule has 2 aromatic rings. The molecule has 0 atom stereocenters. The molecule has 1 saturated carbocycles. The average molecular weight is 244 g/mol. The van der Waals surface area contributed by atoms with E-state index in [2.05, 4.69) is 5.10 Å². The summed E-state index contributed by atoms with van der Waals surface area (Å²) < 4.78 is 15.6. The Hall–Kier alpha value is -1.97. The topological polar surface area (TPSA) is 34.9 Å². The molecule has 0 radical (unpaired) electrons. The van der Waals surface area contributed by atoms with Crippen molar-refractivity contribution in [1.82, 2.24) is 9.78 Å². The Bertz CT molecular complexity index is 614. The first-order chi connectivity index (χ1) is 8.65. The largest absolute Gasteiger partial charge is 0.294 e. The fourth-order valence-corrected chi connectivity index (χ4v) is 2.04. The maximum atomic E-state index is 14.0. The summed E-state index contributed by atoms with van der Waals surface area (Å²) in [4.78, 5) is 11.8. The Morgan fingerprint density at radius 2 is 2.22 bits per heavy atom. The second-order valence-electron chi connectivity index (χ2n) is 4.74. The van der Waals surface area contributed by atoms with E-state index in [1.165, 1.54) is 6.07 Å². The monoisotopic (exact) mass is 244 g/mol. The van der Waals surface area contributed by atoms with Crippen molar-refractivity contribution in [2.75, 3.05) is 0 Å².